The molecule has 0 saturated carbocycles. The fraction of sp³-hybridized carbons (Fsp3) is 0.500. The van der Waals surface area contributed by atoms with Crippen molar-refractivity contribution in [2.75, 3.05) is 20.3 Å². The van der Waals surface area contributed by atoms with Crippen molar-refractivity contribution in [2.45, 2.75) is 58.0 Å². The van der Waals surface area contributed by atoms with E-state index in [1.54, 1.807) is 58.0 Å². The monoisotopic (exact) mass is 522 g/mol. The highest BCUT2D eigenvalue weighted by atomic mass is 31.2. The maximum atomic E-state index is 13.1. The molecule has 1 N–H and O–H groups in total. The topological polar surface area (TPSA) is 127 Å². The summed E-state index contributed by atoms with van der Waals surface area (Å²) in [6.07, 6.45) is -1.49. The van der Waals surface area contributed by atoms with E-state index in [2.05, 4.69) is 4.98 Å². The number of nitrogens with zero attached hydrogens (tertiary/aromatic N) is 1. The van der Waals surface area contributed by atoms with E-state index in [1.807, 2.05) is 0 Å². The summed E-state index contributed by atoms with van der Waals surface area (Å²) in [5.74, 6) is 0.939. The number of fused-ring (bicyclic) bond motifs is 1. The number of benzene rings is 1. The largest absolute Gasteiger partial charge is 0.497 e. The van der Waals surface area contributed by atoms with E-state index in [1.165, 1.54) is 23.6 Å². The van der Waals surface area contributed by atoms with Gasteiger partial charge < -0.3 is 28.0 Å². The summed E-state index contributed by atoms with van der Waals surface area (Å²) in [6.45, 7) is 7.35. The molecular weight excluding hydrogens is 491 g/mol. The average molecular weight is 522 g/mol. The van der Waals surface area contributed by atoms with Gasteiger partial charge in [0, 0.05) is 17.4 Å². The highest BCUT2D eigenvalue weighted by Crippen LogP contribution is 2.51. The molecule has 3 heterocycles. The fourth-order valence-corrected chi connectivity index (χ4v) is 5.75. The van der Waals surface area contributed by atoms with Crippen molar-refractivity contribution >= 4 is 7.60 Å². The molecule has 0 amide bonds. The molecule has 0 spiro atoms. The Morgan fingerprint density at radius 2 is 1.81 bits per heavy atom. The number of nitrogens with one attached hydrogen (secondary N) is 1. The highest BCUT2D eigenvalue weighted by molar-refractivity contribution is 7.57. The molecule has 0 unspecified atom stereocenters. The van der Waals surface area contributed by atoms with Gasteiger partial charge in [-0.15, -0.1) is 0 Å². The van der Waals surface area contributed by atoms with Crippen LogP contribution in [-0.2, 0) is 27.8 Å². The molecule has 196 valence electrons. The van der Waals surface area contributed by atoms with Crippen LogP contribution < -0.4 is 16.0 Å². The minimum Gasteiger partial charge on any atom is -0.497 e. The first kappa shape index (κ1) is 26.5. The van der Waals surface area contributed by atoms with E-state index >= 15 is 0 Å². The van der Waals surface area contributed by atoms with Gasteiger partial charge in [0.15, 0.2) is 12.0 Å². The first-order valence-electron chi connectivity index (χ1n) is 11.7. The van der Waals surface area contributed by atoms with Crippen molar-refractivity contribution in [1.82, 2.24) is 9.55 Å². The van der Waals surface area contributed by atoms with Gasteiger partial charge in [-0.05, 0) is 45.9 Å². The molecule has 2 aliphatic heterocycles. The maximum Gasteiger partial charge on any atom is 0.353 e. The van der Waals surface area contributed by atoms with Gasteiger partial charge in [0.05, 0.1) is 26.0 Å². The molecule has 2 aromatic rings. The number of hydrogen-bond donors (Lipinski definition) is 1. The summed E-state index contributed by atoms with van der Waals surface area (Å²) < 4.78 is 48.7. The summed E-state index contributed by atoms with van der Waals surface area (Å²) in [5.41, 5.74) is -0.333. The van der Waals surface area contributed by atoms with Crippen LogP contribution in [0.3, 0.4) is 0 Å². The summed E-state index contributed by atoms with van der Waals surface area (Å²) >= 11 is 0. The normalized spacial score (nSPS) is 25.4. The number of hydrogen-bond acceptors (Lipinski definition) is 9. The molecule has 2 aliphatic rings. The molecule has 36 heavy (non-hydrogen) atoms. The minimum atomic E-state index is -3.50. The van der Waals surface area contributed by atoms with Gasteiger partial charge in [0.2, 0.25) is 0 Å². The van der Waals surface area contributed by atoms with Crippen LogP contribution in [0.5, 0.6) is 5.75 Å². The van der Waals surface area contributed by atoms with Crippen LogP contribution in [-0.4, -0.2) is 54.0 Å². The van der Waals surface area contributed by atoms with Crippen molar-refractivity contribution in [3.8, 4) is 17.0 Å². The first-order chi connectivity index (χ1) is 17.1. The number of ether oxygens (including phenoxy) is 4. The van der Waals surface area contributed by atoms with E-state index < -0.39 is 49.2 Å². The maximum absolute atomic E-state index is 13.1. The highest BCUT2D eigenvalue weighted by Gasteiger charge is 2.56. The third-order valence-electron chi connectivity index (χ3n) is 5.74. The molecule has 1 aromatic heterocycles. The Morgan fingerprint density at radius 1 is 1.11 bits per heavy atom. The average Bonchev–Trinajstić information content (AvgIpc) is 3.30. The predicted molar refractivity (Wildman–Crippen MR) is 131 cm³/mol. The van der Waals surface area contributed by atoms with Crippen LogP contribution >= 0.6 is 7.60 Å². The van der Waals surface area contributed by atoms with Crippen LogP contribution in [0.15, 0.2) is 51.8 Å². The lowest BCUT2D eigenvalue weighted by molar-refractivity contribution is -0.191. The molecule has 0 aliphatic carbocycles. The Bertz CT molecular complexity index is 1270. The summed E-state index contributed by atoms with van der Waals surface area (Å²) in [4.78, 5) is 27.7. The van der Waals surface area contributed by atoms with E-state index in [-0.39, 0.29) is 13.2 Å². The Hall–Kier alpha value is -2.53. The fourth-order valence-electron chi connectivity index (χ4n) is 4.41. The summed E-state index contributed by atoms with van der Waals surface area (Å²) in [5, 5.41) is 0. The molecule has 4 rings (SSSR count). The third-order valence-corrected chi connectivity index (χ3v) is 7.51. The number of aromatic amines is 1. The van der Waals surface area contributed by atoms with Crippen molar-refractivity contribution in [2.24, 2.45) is 0 Å². The molecule has 1 aromatic carbocycles. The lowest BCUT2D eigenvalue weighted by Crippen LogP contribution is -2.38. The van der Waals surface area contributed by atoms with Gasteiger partial charge >= 0.3 is 13.3 Å². The van der Waals surface area contributed by atoms with Crippen molar-refractivity contribution in [3.05, 3.63) is 63.1 Å². The lowest BCUT2D eigenvalue weighted by Gasteiger charge is -2.25. The van der Waals surface area contributed by atoms with Gasteiger partial charge in [-0.2, -0.15) is 0 Å². The molecule has 2 saturated heterocycles. The molecule has 0 bridgehead atoms. The van der Waals surface area contributed by atoms with E-state index in [4.69, 9.17) is 28.0 Å². The van der Waals surface area contributed by atoms with Crippen LogP contribution in [0.25, 0.3) is 11.3 Å². The number of H-pyrrole nitrogens is 1. The van der Waals surface area contributed by atoms with Crippen LogP contribution in [0.4, 0.5) is 0 Å². The van der Waals surface area contributed by atoms with Crippen molar-refractivity contribution < 1.29 is 32.6 Å². The SMILES string of the molecule is CCOP(=O)(/C=C/[C@H]1O[C@@H](n2c(-c3cccc(OC)c3)cc(=O)[nH]c2=O)[C@@H]2OC(C)(C)O[C@@H]21)OCC. The molecule has 2 fully saturated rings. The number of methoxy groups -OCH3 is 1. The molecule has 4 atom stereocenters. The van der Waals surface area contributed by atoms with Crippen LogP contribution in [0, 0.1) is 0 Å². The van der Waals surface area contributed by atoms with Crippen LogP contribution in [0.1, 0.15) is 33.9 Å². The predicted octanol–water partition coefficient (Wildman–Crippen LogP) is 3.41. The van der Waals surface area contributed by atoms with Gasteiger partial charge in [0.25, 0.3) is 5.56 Å². The first-order valence-corrected chi connectivity index (χ1v) is 13.3. The quantitative estimate of drug-likeness (QED) is 0.493. The summed E-state index contributed by atoms with van der Waals surface area (Å²) in [7, 11) is -1.97. The number of rotatable bonds is 9. The van der Waals surface area contributed by atoms with E-state index in [0.29, 0.717) is 17.0 Å². The Morgan fingerprint density at radius 3 is 2.47 bits per heavy atom. The molecule has 0 radical (unpaired) electrons. The van der Waals surface area contributed by atoms with Gasteiger partial charge in [-0.1, -0.05) is 12.1 Å². The lowest BCUT2D eigenvalue weighted by atomic mass is 10.1. The smallest absolute Gasteiger partial charge is 0.353 e. The molecular formula is C24H31N2O9P. The number of aromatic nitrogens is 2. The second-order valence-corrected chi connectivity index (χ2v) is 10.6. The second kappa shape index (κ2) is 10.5. The van der Waals surface area contributed by atoms with E-state index in [0.717, 1.165) is 0 Å². The minimum absolute atomic E-state index is 0.200. The van der Waals surface area contributed by atoms with Gasteiger partial charge in [-0.3, -0.25) is 18.9 Å². The van der Waals surface area contributed by atoms with Crippen LogP contribution in [0.2, 0.25) is 0 Å². The van der Waals surface area contributed by atoms with Gasteiger partial charge in [-0.25, -0.2) is 4.79 Å². The zero-order valence-electron chi connectivity index (χ0n) is 20.8. The standard InChI is InChI=1S/C24H31N2O9P/c1-6-31-36(29,32-7-2)12-11-18-20-21(35-24(3,4)34-20)22(33-18)26-17(14-19(27)25-23(26)28)15-9-8-10-16(13-15)30-5/h8-14,18,20-22H,6-7H2,1-5H3,(H,25,27,28)/b12-11+/t18-,20-,21-,22-/m1/s1. The Balaban J connectivity index is 1.78. The molecule has 11 nitrogen and oxygen atoms in total. The third kappa shape index (κ3) is 5.41. The zero-order chi connectivity index (χ0) is 26.1. The van der Waals surface area contributed by atoms with Gasteiger partial charge in [0.1, 0.15) is 24.1 Å². The zero-order valence-corrected chi connectivity index (χ0v) is 21.7. The second-order valence-electron chi connectivity index (χ2n) is 8.70. The Kier molecular flexibility index (Phi) is 7.70. The van der Waals surface area contributed by atoms with Crippen molar-refractivity contribution in [1.29, 1.82) is 0 Å². The summed E-state index contributed by atoms with van der Waals surface area (Å²) in [6, 6.07) is 8.30. The van der Waals surface area contributed by atoms with E-state index in [9.17, 15) is 14.2 Å². The Labute approximate surface area is 208 Å². The molecule has 12 heteroatoms. The van der Waals surface area contributed by atoms with Crippen molar-refractivity contribution in [3.63, 3.8) is 0 Å².